The molecule has 0 radical (unpaired) electrons. The molecule has 2 aromatic rings. The molecule has 0 saturated heterocycles. The maximum atomic E-state index is 11.9. The molecule has 0 saturated carbocycles. The minimum atomic E-state index is 0.0126. The summed E-state index contributed by atoms with van der Waals surface area (Å²) >= 11 is 0. The number of carbonyl (C=O) groups is 1. The third kappa shape index (κ3) is 5.15. The summed E-state index contributed by atoms with van der Waals surface area (Å²) in [5, 5.41) is 2.88. The van der Waals surface area contributed by atoms with Gasteiger partial charge in [-0.1, -0.05) is 43.0 Å². The van der Waals surface area contributed by atoms with Crippen LogP contribution in [0.4, 0.5) is 5.69 Å². The fourth-order valence-electron chi connectivity index (χ4n) is 1.92. The summed E-state index contributed by atoms with van der Waals surface area (Å²) in [6.07, 6.45) is 2.91. The summed E-state index contributed by atoms with van der Waals surface area (Å²) in [6, 6.07) is 17.3. The molecule has 0 aliphatic rings. The first-order chi connectivity index (χ1) is 10.3. The van der Waals surface area contributed by atoms with Crippen LogP contribution in [0.3, 0.4) is 0 Å². The number of amides is 1. The summed E-state index contributed by atoms with van der Waals surface area (Å²) in [6.45, 7) is 4.07. The highest BCUT2D eigenvalue weighted by Crippen LogP contribution is 2.16. The van der Waals surface area contributed by atoms with E-state index in [2.05, 4.69) is 11.9 Å². The number of hydrogen-bond acceptors (Lipinski definition) is 2. The van der Waals surface area contributed by atoms with Crippen molar-refractivity contribution in [1.29, 1.82) is 0 Å². The van der Waals surface area contributed by atoms with Crippen LogP contribution >= 0.6 is 0 Å². The molecule has 0 heterocycles. The SMILES string of the molecule is C=CCOc1ccc(NC(=O)CCc2ccccc2)cc1. The first-order valence-electron chi connectivity index (χ1n) is 6.95. The zero-order valence-electron chi connectivity index (χ0n) is 11.9. The van der Waals surface area contributed by atoms with Crippen LogP contribution in [0, 0.1) is 0 Å². The molecule has 21 heavy (non-hydrogen) atoms. The fourth-order valence-corrected chi connectivity index (χ4v) is 1.92. The molecule has 3 nitrogen and oxygen atoms in total. The van der Waals surface area contributed by atoms with E-state index in [1.54, 1.807) is 6.08 Å². The summed E-state index contributed by atoms with van der Waals surface area (Å²) < 4.78 is 5.39. The average molecular weight is 281 g/mol. The van der Waals surface area contributed by atoms with Crippen molar-refractivity contribution < 1.29 is 9.53 Å². The molecule has 0 bridgehead atoms. The molecule has 2 aromatic carbocycles. The lowest BCUT2D eigenvalue weighted by atomic mass is 10.1. The van der Waals surface area contributed by atoms with Gasteiger partial charge in [0.1, 0.15) is 12.4 Å². The van der Waals surface area contributed by atoms with Gasteiger partial charge in [-0.05, 0) is 36.2 Å². The topological polar surface area (TPSA) is 38.3 Å². The normalized spacial score (nSPS) is 9.90. The number of aryl methyl sites for hydroxylation is 1. The number of anilines is 1. The van der Waals surface area contributed by atoms with E-state index in [9.17, 15) is 4.79 Å². The Hall–Kier alpha value is -2.55. The van der Waals surface area contributed by atoms with Crippen LogP contribution in [-0.2, 0) is 11.2 Å². The third-order valence-electron chi connectivity index (χ3n) is 2.99. The van der Waals surface area contributed by atoms with Crippen LogP contribution in [-0.4, -0.2) is 12.5 Å². The summed E-state index contributed by atoms with van der Waals surface area (Å²) in [7, 11) is 0. The minimum Gasteiger partial charge on any atom is -0.490 e. The Bertz CT molecular complexity index is 576. The standard InChI is InChI=1S/C18H19NO2/c1-2-14-21-17-11-9-16(10-12-17)19-18(20)13-8-15-6-4-3-5-7-15/h2-7,9-12H,1,8,13-14H2,(H,19,20). The maximum absolute atomic E-state index is 11.9. The fraction of sp³-hybridized carbons (Fsp3) is 0.167. The van der Waals surface area contributed by atoms with Crippen LogP contribution in [0.25, 0.3) is 0 Å². The molecule has 3 heteroatoms. The van der Waals surface area contributed by atoms with E-state index in [0.29, 0.717) is 13.0 Å². The molecule has 0 unspecified atom stereocenters. The van der Waals surface area contributed by atoms with Gasteiger partial charge in [0.2, 0.25) is 5.91 Å². The average Bonchev–Trinajstić information content (AvgIpc) is 2.53. The van der Waals surface area contributed by atoms with Crippen LogP contribution < -0.4 is 10.1 Å². The lowest BCUT2D eigenvalue weighted by Crippen LogP contribution is -2.12. The van der Waals surface area contributed by atoms with Gasteiger partial charge in [-0.15, -0.1) is 0 Å². The van der Waals surface area contributed by atoms with Gasteiger partial charge in [0.25, 0.3) is 0 Å². The smallest absolute Gasteiger partial charge is 0.224 e. The van der Waals surface area contributed by atoms with Crippen molar-refractivity contribution in [3.05, 3.63) is 72.8 Å². The van der Waals surface area contributed by atoms with E-state index >= 15 is 0 Å². The maximum Gasteiger partial charge on any atom is 0.224 e. The number of rotatable bonds is 7. The van der Waals surface area contributed by atoms with Gasteiger partial charge >= 0.3 is 0 Å². The van der Waals surface area contributed by atoms with Crippen LogP contribution in [0.1, 0.15) is 12.0 Å². The van der Waals surface area contributed by atoms with E-state index in [1.165, 1.54) is 5.56 Å². The van der Waals surface area contributed by atoms with Crippen molar-refractivity contribution in [3.8, 4) is 5.75 Å². The molecule has 1 amide bonds. The quantitative estimate of drug-likeness (QED) is 0.783. The first-order valence-corrected chi connectivity index (χ1v) is 6.95. The molecule has 0 atom stereocenters. The van der Waals surface area contributed by atoms with Gasteiger partial charge in [-0.2, -0.15) is 0 Å². The lowest BCUT2D eigenvalue weighted by Gasteiger charge is -2.07. The molecule has 0 fully saturated rings. The second-order valence-electron chi connectivity index (χ2n) is 4.66. The molecular weight excluding hydrogens is 262 g/mol. The molecule has 0 aliphatic carbocycles. The Morgan fingerprint density at radius 3 is 2.48 bits per heavy atom. The van der Waals surface area contributed by atoms with Crippen molar-refractivity contribution in [2.45, 2.75) is 12.8 Å². The van der Waals surface area contributed by atoms with Gasteiger partial charge in [0.05, 0.1) is 0 Å². The highest BCUT2D eigenvalue weighted by Gasteiger charge is 2.03. The molecule has 1 N–H and O–H groups in total. The van der Waals surface area contributed by atoms with Crippen molar-refractivity contribution >= 4 is 11.6 Å². The number of carbonyl (C=O) groups excluding carboxylic acids is 1. The monoisotopic (exact) mass is 281 g/mol. The Kier molecular flexibility index (Phi) is 5.59. The van der Waals surface area contributed by atoms with Gasteiger partial charge in [-0.3, -0.25) is 4.79 Å². The van der Waals surface area contributed by atoms with Crippen LogP contribution in [0.2, 0.25) is 0 Å². The number of ether oxygens (including phenoxy) is 1. The number of benzene rings is 2. The summed E-state index contributed by atoms with van der Waals surface area (Å²) in [5.74, 6) is 0.774. The van der Waals surface area contributed by atoms with Gasteiger partial charge in [-0.25, -0.2) is 0 Å². The van der Waals surface area contributed by atoms with Crippen LogP contribution in [0.5, 0.6) is 5.75 Å². The van der Waals surface area contributed by atoms with E-state index in [4.69, 9.17) is 4.74 Å². The second-order valence-corrected chi connectivity index (χ2v) is 4.66. The lowest BCUT2D eigenvalue weighted by molar-refractivity contribution is -0.116. The Balaban J connectivity index is 1.80. The molecule has 0 aliphatic heterocycles. The van der Waals surface area contributed by atoms with Crippen molar-refractivity contribution in [2.24, 2.45) is 0 Å². The summed E-state index contributed by atoms with van der Waals surface area (Å²) in [5.41, 5.74) is 1.94. The zero-order chi connectivity index (χ0) is 14.9. The van der Waals surface area contributed by atoms with E-state index < -0.39 is 0 Å². The molecule has 2 rings (SSSR count). The zero-order valence-corrected chi connectivity index (χ0v) is 11.9. The van der Waals surface area contributed by atoms with Gasteiger partial charge < -0.3 is 10.1 Å². The molecule has 0 aromatic heterocycles. The van der Waals surface area contributed by atoms with Gasteiger partial charge in [0, 0.05) is 12.1 Å². The number of hydrogen-bond donors (Lipinski definition) is 1. The van der Waals surface area contributed by atoms with E-state index in [-0.39, 0.29) is 5.91 Å². The molecule has 0 spiro atoms. The van der Waals surface area contributed by atoms with E-state index in [0.717, 1.165) is 17.9 Å². The van der Waals surface area contributed by atoms with Crippen molar-refractivity contribution in [1.82, 2.24) is 0 Å². The predicted octanol–water partition coefficient (Wildman–Crippen LogP) is 3.82. The highest BCUT2D eigenvalue weighted by molar-refractivity contribution is 5.90. The Morgan fingerprint density at radius 1 is 1.10 bits per heavy atom. The molecular formula is C18H19NO2. The van der Waals surface area contributed by atoms with Gasteiger partial charge in [0.15, 0.2) is 0 Å². The van der Waals surface area contributed by atoms with Crippen molar-refractivity contribution in [2.75, 3.05) is 11.9 Å². The third-order valence-corrected chi connectivity index (χ3v) is 2.99. The van der Waals surface area contributed by atoms with Crippen molar-refractivity contribution in [3.63, 3.8) is 0 Å². The number of nitrogens with one attached hydrogen (secondary N) is 1. The highest BCUT2D eigenvalue weighted by atomic mass is 16.5. The largest absolute Gasteiger partial charge is 0.490 e. The minimum absolute atomic E-state index is 0.0126. The first kappa shape index (κ1) is 14.9. The second kappa shape index (κ2) is 7.90. The summed E-state index contributed by atoms with van der Waals surface area (Å²) in [4.78, 5) is 11.9. The Morgan fingerprint density at radius 2 is 1.81 bits per heavy atom. The Labute approximate surface area is 125 Å². The molecule has 108 valence electrons. The van der Waals surface area contributed by atoms with Crippen LogP contribution in [0.15, 0.2) is 67.3 Å². The predicted molar refractivity (Wildman–Crippen MR) is 85.5 cm³/mol. The van der Waals surface area contributed by atoms with E-state index in [1.807, 2.05) is 54.6 Å².